The van der Waals surface area contributed by atoms with Gasteiger partial charge in [-0.25, -0.2) is 4.98 Å². The van der Waals surface area contributed by atoms with Crippen molar-refractivity contribution in [1.29, 1.82) is 0 Å². The van der Waals surface area contributed by atoms with Crippen LogP contribution in [0.1, 0.15) is 26.3 Å². The topological polar surface area (TPSA) is 34.1 Å². The first-order chi connectivity index (χ1) is 9.98. The Bertz CT molecular complexity index is 576. The first kappa shape index (κ1) is 15.9. The summed E-state index contributed by atoms with van der Waals surface area (Å²) in [6.45, 7) is 7.16. The largest absolute Gasteiger partial charge is 0.439 e. The Morgan fingerprint density at radius 2 is 1.86 bits per heavy atom. The van der Waals surface area contributed by atoms with E-state index in [0.29, 0.717) is 5.88 Å². The van der Waals surface area contributed by atoms with Crippen molar-refractivity contribution in [3.8, 4) is 11.6 Å². The van der Waals surface area contributed by atoms with E-state index < -0.39 is 0 Å². The smallest absolute Gasteiger partial charge is 0.223 e. The van der Waals surface area contributed by atoms with Gasteiger partial charge in [0.25, 0.3) is 0 Å². The minimum atomic E-state index is 0.0626. The van der Waals surface area contributed by atoms with Crippen LogP contribution in [0, 0.1) is 0 Å². The van der Waals surface area contributed by atoms with E-state index in [-0.39, 0.29) is 5.54 Å². The molecule has 1 N–H and O–H groups in total. The molecule has 2 rings (SSSR count). The third-order valence-electron chi connectivity index (χ3n) is 2.93. The molecule has 0 aliphatic heterocycles. The molecule has 3 nitrogen and oxygen atoms in total. The van der Waals surface area contributed by atoms with E-state index in [0.717, 1.165) is 17.9 Å². The van der Waals surface area contributed by atoms with Gasteiger partial charge in [0.1, 0.15) is 5.75 Å². The molecule has 1 aromatic carbocycles. The number of pyridine rings is 1. The average Bonchev–Trinajstić information content (AvgIpc) is 2.46. The first-order valence-corrected chi connectivity index (χ1v) is 8.21. The van der Waals surface area contributed by atoms with Crippen LogP contribution >= 0.6 is 11.8 Å². The van der Waals surface area contributed by atoms with Gasteiger partial charge in [0.2, 0.25) is 5.88 Å². The highest BCUT2D eigenvalue weighted by Crippen LogP contribution is 2.25. The molecular weight excluding hydrogens is 280 g/mol. The van der Waals surface area contributed by atoms with Gasteiger partial charge >= 0.3 is 0 Å². The Morgan fingerprint density at radius 1 is 1.14 bits per heavy atom. The van der Waals surface area contributed by atoms with Crippen molar-refractivity contribution in [2.75, 3.05) is 6.26 Å². The lowest BCUT2D eigenvalue weighted by Crippen LogP contribution is -2.35. The van der Waals surface area contributed by atoms with Crippen LogP contribution in [0.15, 0.2) is 47.5 Å². The van der Waals surface area contributed by atoms with E-state index >= 15 is 0 Å². The molecule has 0 saturated heterocycles. The second kappa shape index (κ2) is 6.96. The molecule has 0 saturated carbocycles. The van der Waals surface area contributed by atoms with Crippen molar-refractivity contribution < 1.29 is 4.74 Å². The lowest BCUT2D eigenvalue weighted by molar-refractivity contribution is 0.409. The van der Waals surface area contributed by atoms with E-state index in [9.17, 15) is 0 Å². The summed E-state index contributed by atoms with van der Waals surface area (Å²) in [5.41, 5.74) is 1.12. The van der Waals surface area contributed by atoms with Crippen molar-refractivity contribution in [1.82, 2.24) is 10.3 Å². The van der Waals surface area contributed by atoms with E-state index in [1.807, 2.05) is 24.3 Å². The Morgan fingerprint density at radius 3 is 2.48 bits per heavy atom. The molecule has 21 heavy (non-hydrogen) atoms. The molecule has 112 valence electrons. The summed E-state index contributed by atoms with van der Waals surface area (Å²) in [5, 5.41) is 3.46. The fourth-order valence-corrected chi connectivity index (χ4v) is 2.17. The Balaban J connectivity index is 2.11. The quantitative estimate of drug-likeness (QED) is 0.826. The van der Waals surface area contributed by atoms with Crippen molar-refractivity contribution >= 4 is 11.8 Å². The number of benzene rings is 1. The molecule has 0 amide bonds. The van der Waals surface area contributed by atoms with Gasteiger partial charge in [0.05, 0.1) is 0 Å². The number of hydrogen-bond acceptors (Lipinski definition) is 4. The Kier molecular flexibility index (Phi) is 5.26. The molecule has 0 unspecified atom stereocenters. The molecule has 0 spiro atoms. The first-order valence-electron chi connectivity index (χ1n) is 6.99. The lowest BCUT2D eigenvalue weighted by atomic mass is 10.1. The van der Waals surface area contributed by atoms with Gasteiger partial charge < -0.3 is 10.1 Å². The molecule has 1 heterocycles. The predicted octanol–water partition coefficient (Wildman–Crippen LogP) is 4.48. The predicted molar refractivity (Wildman–Crippen MR) is 89.1 cm³/mol. The second-order valence-electron chi connectivity index (χ2n) is 5.85. The summed E-state index contributed by atoms with van der Waals surface area (Å²) in [7, 11) is 0. The maximum absolute atomic E-state index is 5.91. The van der Waals surface area contributed by atoms with Gasteiger partial charge in [0.15, 0.2) is 0 Å². The van der Waals surface area contributed by atoms with Crippen LogP contribution < -0.4 is 10.1 Å². The normalized spacial score (nSPS) is 11.4. The number of thioether (sulfide) groups is 1. The lowest BCUT2D eigenvalue weighted by Gasteiger charge is -2.21. The molecule has 0 aliphatic carbocycles. The van der Waals surface area contributed by atoms with Gasteiger partial charge in [-0.15, -0.1) is 11.8 Å². The zero-order valence-electron chi connectivity index (χ0n) is 13.0. The summed E-state index contributed by atoms with van der Waals surface area (Å²) in [6, 6.07) is 12.0. The maximum Gasteiger partial charge on any atom is 0.223 e. The summed E-state index contributed by atoms with van der Waals surface area (Å²) in [4.78, 5) is 5.57. The number of nitrogens with zero attached hydrogens (tertiary/aromatic N) is 1. The van der Waals surface area contributed by atoms with Crippen LogP contribution in [-0.2, 0) is 6.54 Å². The highest BCUT2D eigenvalue weighted by Gasteiger charge is 2.12. The van der Waals surface area contributed by atoms with Crippen LogP contribution in [0.3, 0.4) is 0 Å². The van der Waals surface area contributed by atoms with Crippen LogP contribution in [-0.4, -0.2) is 16.8 Å². The SMILES string of the molecule is CSc1ccc(Oc2ncccc2CNC(C)(C)C)cc1. The molecule has 0 fully saturated rings. The fraction of sp³-hybridized carbons (Fsp3) is 0.353. The van der Waals surface area contributed by atoms with Crippen molar-refractivity contribution in [2.45, 2.75) is 37.8 Å². The fourth-order valence-electron chi connectivity index (χ4n) is 1.77. The van der Waals surface area contributed by atoms with Gasteiger partial charge in [0, 0.05) is 28.7 Å². The van der Waals surface area contributed by atoms with Crippen molar-refractivity contribution in [3.05, 3.63) is 48.2 Å². The second-order valence-corrected chi connectivity index (χ2v) is 6.73. The van der Waals surface area contributed by atoms with E-state index in [4.69, 9.17) is 4.74 Å². The van der Waals surface area contributed by atoms with Crippen molar-refractivity contribution in [2.24, 2.45) is 0 Å². The van der Waals surface area contributed by atoms with Crippen LogP contribution in [0.25, 0.3) is 0 Å². The third kappa shape index (κ3) is 5.06. The van der Waals surface area contributed by atoms with E-state index in [1.54, 1.807) is 18.0 Å². The third-order valence-corrected chi connectivity index (χ3v) is 3.68. The van der Waals surface area contributed by atoms with Gasteiger partial charge in [-0.2, -0.15) is 0 Å². The van der Waals surface area contributed by atoms with E-state index in [2.05, 4.69) is 49.5 Å². The molecular formula is C17H22N2OS. The summed E-state index contributed by atoms with van der Waals surface area (Å²) >= 11 is 1.72. The average molecular weight is 302 g/mol. The molecule has 0 atom stereocenters. The number of aromatic nitrogens is 1. The maximum atomic E-state index is 5.91. The van der Waals surface area contributed by atoms with E-state index in [1.165, 1.54) is 4.90 Å². The van der Waals surface area contributed by atoms with Crippen LogP contribution in [0.4, 0.5) is 0 Å². The Hall–Kier alpha value is -1.52. The highest BCUT2D eigenvalue weighted by molar-refractivity contribution is 7.98. The minimum absolute atomic E-state index is 0.0626. The molecule has 2 aromatic rings. The number of rotatable bonds is 5. The molecule has 4 heteroatoms. The number of ether oxygens (including phenoxy) is 1. The number of hydrogen-bond donors (Lipinski definition) is 1. The zero-order chi connectivity index (χ0) is 15.3. The van der Waals surface area contributed by atoms with Gasteiger partial charge in [-0.1, -0.05) is 6.07 Å². The molecule has 1 aromatic heterocycles. The molecule has 0 bridgehead atoms. The highest BCUT2D eigenvalue weighted by atomic mass is 32.2. The number of nitrogens with one attached hydrogen (secondary N) is 1. The molecule has 0 radical (unpaired) electrons. The zero-order valence-corrected chi connectivity index (χ0v) is 13.8. The monoisotopic (exact) mass is 302 g/mol. The minimum Gasteiger partial charge on any atom is -0.439 e. The standard InChI is InChI=1S/C17H22N2OS/c1-17(2,3)19-12-13-6-5-11-18-16(13)20-14-7-9-15(21-4)10-8-14/h5-11,19H,12H2,1-4H3. The summed E-state index contributed by atoms with van der Waals surface area (Å²) in [5.74, 6) is 1.47. The van der Waals surface area contributed by atoms with Crippen LogP contribution in [0.2, 0.25) is 0 Å². The Labute approximate surface area is 131 Å². The molecule has 0 aliphatic rings. The van der Waals surface area contributed by atoms with Crippen molar-refractivity contribution in [3.63, 3.8) is 0 Å². The van der Waals surface area contributed by atoms with Gasteiger partial charge in [-0.05, 0) is 57.4 Å². The van der Waals surface area contributed by atoms with Gasteiger partial charge in [-0.3, -0.25) is 0 Å². The summed E-state index contributed by atoms with van der Waals surface area (Å²) in [6.07, 6.45) is 3.82. The van der Waals surface area contributed by atoms with Crippen LogP contribution in [0.5, 0.6) is 11.6 Å². The summed E-state index contributed by atoms with van der Waals surface area (Å²) < 4.78 is 5.91.